The van der Waals surface area contributed by atoms with Crippen LogP contribution in [0.25, 0.3) is 0 Å². The van der Waals surface area contributed by atoms with E-state index in [0.717, 1.165) is 12.1 Å². The third kappa shape index (κ3) is 1.09. The topological polar surface area (TPSA) is 6.48 Å². The van der Waals surface area contributed by atoms with E-state index in [-0.39, 0.29) is 0 Å². The summed E-state index contributed by atoms with van der Waals surface area (Å²) < 4.78 is 0. The van der Waals surface area contributed by atoms with E-state index in [2.05, 4.69) is 23.6 Å². The van der Waals surface area contributed by atoms with Crippen LogP contribution in [0.15, 0.2) is 0 Å². The van der Waals surface area contributed by atoms with Crippen LogP contribution in [0.3, 0.4) is 0 Å². The molecule has 2 fully saturated rings. The van der Waals surface area contributed by atoms with Gasteiger partial charge in [0.05, 0.1) is 0 Å². The third-order valence-corrected chi connectivity index (χ3v) is 3.28. The van der Waals surface area contributed by atoms with Crippen LogP contribution in [0, 0.1) is 0 Å². The average molecular weight is 154 g/mol. The molecule has 2 rings (SSSR count). The Labute approximate surface area is 69.2 Å². The van der Waals surface area contributed by atoms with E-state index in [1.807, 2.05) is 0 Å². The van der Waals surface area contributed by atoms with Gasteiger partial charge in [0.15, 0.2) is 0 Å². The highest BCUT2D eigenvalue weighted by Crippen LogP contribution is 2.29. The molecule has 2 atom stereocenters. The lowest BCUT2D eigenvalue weighted by Gasteiger charge is -2.32. The Morgan fingerprint density at radius 1 is 1.00 bits per heavy atom. The summed E-state index contributed by atoms with van der Waals surface area (Å²) in [5.74, 6) is 0. The van der Waals surface area contributed by atoms with E-state index in [1.54, 1.807) is 0 Å². The Hall–Kier alpha value is -0.0800. The first-order chi connectivity index (χ1) is 5.35. The first-order valence-electron chi connectivity index (χ1n) is 4.83. The molecule has 0 N–H and O–H groups in total. The molecule has 0 amide bonds. The van der Waals surface area contributed by atoms with E-state index < -0.39 is 0 Å². The summed E-state index contributed by atoms with van der Waals surface area (Å²) >= 11 is 0. The van der Waals surface area contributed by atoms with Gasteiger partial charge in [0, 0.05) is 25.2 Å². The molecule has 11 heavy (non-hydrogen) atoms. The molecule has 0 spiro atoms. The van der Waals surface area contributed by atoms with Gasteiger partial charge < -0.3 is 0 Å². The molecular formula is C9H18N2. The van der Waals surface area contributed by atoms with Crippen LogP contribution in [0.5, 0.6) is 0 Å². The van der Waals surface area contributed by atoms with Crippen molar-refractivity contribution in [3.8, 4) is 0 Å². The van der Waals surface area contributed by atoms with Crippen LogP contribution in [-0.4, -0.2) is 48.1 Å². The predicted molar refractivity (Wildman–Crippen MR) is 46.7 cm³/mol. The van der Waals surface area contributed by atoms with Gasteiger partial charge in [-0.05, 0) is 19.5 Å². The molecule has 2 aliphatic rings. The van der Waals surface area contributed by atoms with Crippen molar-refractivity contribution in [1.29, 1.82) is 0 Å². The molecule has 2 heterocycles. The maximum atomic E-state index is 2.62. The highest BCUT2D eigenvalue weighted by molar-refractivity contribution is 4.98. The number of piperazine rings is 1. The molecule has 2 saturated heterocycles. The minimum Gasteiger partial charge on any atom is -0.298 e. The van der Waals surface area contributed by atoms with Gasteiger partial charge in [-0.1, -0.05) is 13.8 Å². The van der Waals surface area contributed by atoms with Crippen LogP contribution < -0.4 is 0 Å². The number of nitrogens with zero attached hydrogens (tertiary/aromatic N) is 2. The van der Waals surface area contributed by atoms with Gasteiger partial charge in [-0.3, -0.25) is 9.80 Å². The van der Waals surface area contributed by atoms with Crippen molar-refractivity contribution in [2.75, 3.05) is 26.2 Å². The Balaban J connectivity index is 1.97. The van der Waals surface area contributed by atoms with Crippen molar-refractivity contribution in [2.24, 2.45) is 0 Å². The number of hydrogen-bond acceptors (Lipinski definition) is 2. The fourth-order valence-electron chi connectivity index (χ4n) is 2.61. The van der Waals surface area contributed by atoms with Gasteiger partial charge in [-0.2, -0.15) is 0 Å². The van der Waals surface area contributed by atoms with Crippen LogP contribution in [0.2, 0.25) is 0 Å². The Morgan fingerprint density at radius 3 is 1.73 bits per heavy atom. The molecule has 0 saturated carbocycles. The van der Waals surface area contributed by atoms with Gasteiger partial charge in [0.25, 0.3) is 0 Å². The molecule has 0 aliphatic carbocycles. The van der Waals surface area contributed by atoms with Crippen LogP contribution in [0.4, 0.5) is 0 Å². The lowest BCUT2D eigenvalue weighted by Crippen LogP contribution is -2.45. The number of rotatable bonds is 2. The second-order valence-corrected chi connectivity index (χ2v) is 3.72. The minimum atomic E-state index is 0.893. The van der Waals surface area contributed by atoms with Crippen molar-refractivity contribution in [2.45, 2.75) is 32.4 Å². The zero-order valence-corrected chi connectivity index (χ0v) is 7.58. The highest BCUT2D eigenvalue weighted by Gasteiger charge is 2.41. The number of likely N-dealkylation sites (N-methyl/N-ethyl adjacent to an activating group) is 2. The van der Waals surface area contributed by atoms with Gasteiger partial charge >= 0.3 is 0 Å². The van der Waals surface area contributed by atoms with Crippen LogP contribution >= 0.6 is 0 Å². The summed E-state index contributed by atoms with van der Waals surface area (Å²) in [6, 6.07) is 1.79. The van der Waals surface area contributed by atoms with Crippen LogP contribution in [0.1, 0.15) is 20.3 Å². The van der Waals surface area contributed by atoms with Gasteiger partial charge in [-0.15, -0.1) is 0 Å². The van der Waals surface area contributed by atoms with Crippen molar-refractivity contribution in [1.82, 2.24) is 9.80 Å². The van der Waals surface area contributed by atoms with Gasteiger partial charge in [0.1, 0.15) is 0 Å². The van der Waals surface area contributed by atoms with Crippen molar-refractivity contribution < 1.29 is 0 Å². The van der Waals surface area contributed by atoms with Crippen molar-refractivity contribution >= 4 is 0 Å². The van der Waals surface area contributed by atoms with E-state index in [1.165, 1.54) is 32.6 Å². The Bertz CT molecular complexity index is 130. The van der Waals surface area contributed by atoms with Crippen molar-refractivity contribution in [3.63, 3.8) is 0 Å². The predicted octanol–water partition coefficient (Wildman–Crippen LogP) is 0.785. The largest absolute Gasteiger partial charge is 0.298 e. The molecule has 0 aromatic rings. The highest BCUT2D eigenvalue weighted by atomic mass is 15.3. The molecule has 0 aromatic carbocycles. The number of likely N-dealkylation sites (tertiary alicyclic amines) is 2. The Morgan fingerprint density at radius 2 is 1.45 bits per heavy atom. The SMILES string of the molecule is CCN1C[C@@H]2C[C@H]1CN2CC. The third-order valence-electron chi connectivity index (χ3n) is 3.28. The normalized spacial score (nSPS) is 38.7. The average Bonchev–Trinajstić information content (AvgIpc) is 2.60. The molecule has 64 valence electrons. The van der Waals surface area contributed by atoms with E-state index in [0.29, 0.717) is 0 Å². The quantitative estimate of drug-likeness (QED) is 0.580. The summed E-state index contributed by atoms with van der Waals surface area (Å²) in [5.41, 5.74) is 0. The smallest absolute Gasteiger partial charge is 0.0239 e. The van der Waals surface area contributed by atoms with Crippen molar-refractivity contribution in [3.05, 3.63) is 0 Å². The zero-order chi connectivity index (χ0) is 7.84. The first kappa shape index (κ1) is 7.56. The summed E-state index contributed by atoms with van der Waals surface area (Å²) in [6.07, 6.45) is 1.43. The summed E-state index contributed by atoms with van der Waals surface area (Å²) in [7, 11) is 0. The molecular weight excluding hydrogens is 136 g/mol. The standard InChI is InChI=1S/C9H18N2/c1-3-10-6-9-5-8(10)7-11(9)4-2/h8-9H,3-7H2,1-2H3/t8-,9-/m0/s1. The summed E-state index contributed by atoms with van der Waals surface area (Å²) in [4.78, 5) is 5.24. The Kier molecular flexibility index (Phi) is 1.90. The first-order valence-corrected chi connectivity index (χ1v) is 4.83. The molecule has 2 heteroatoms. The maximum absolute atomic E-state index is 2.62. The molecule has 0 aromatic heterocycles. The molecule has 2 aliphatic heterocycles. The molecule has 2 bridgehead atoms. The summed E-state index contributed by atoms with van der Waals surface area (Å²) in [6.45, 7) is 9.70. The van der Waals surface area contributed by atoms with Gasteiger partial charge in [0.2, 0.25) is 0 Å². The lowest BCUT2D eigenvalue weighted by atomic mass is 10.2. The minimum absolute atomic E-state index is 0.893. The van der Waals surface area contributed by atoms with Crippen LogP contribution in [-0.2, 0) is 0 Å². The fraction of sp³-hybridized carbons (Fsp3) is 1.00. The van der Waals surface area contributed by atoms with E-state index in [4.69, 9.17) is 0 Å². The monoisotopic (exact) mass is 154 g/mol. The second-order valence-electron chi connectivity index (χ2n) is 3.72. The summed E-state index contributed by atoms with van der Waals surface area (Å²) in [5, 5.41) is 0. The van der Waals surface area contributed by atoms with E-state index >= 15 is 0 Å². The maximum Gasteiger partial charge on any atom is 0.0239 e. The molecule has 2 nitrogen and oxygen atoms in total. The number of hydrogen-bond donors (Lipinski definition) is 0. The fourth-order valence-corrected chi connectivity index (χ4v) is 2.61. The molecule has 0 radical (unpaired) electrons. The van der Waals surface area contributed by atoms with E-state index in [9.17, 15) is 0 Å². The molecule has 0 unspecified atom stereocenters. The lowest BCUT2D eigenvalue weighted by molar-refractivity contribution is 0.138. The number of fused-ring (bicyclic) bond motifs is 2. The zero-order valence-electron chi connectivity index (χ0n) is 7.58. The van der Waals surface area contributed by atoms with Gasteiger partial charge in [-0.25, -0.2) is 0 Å². The second kappa shape index (κ2) is 2.76.